The molecule has 1 aromatic rings. The second-order valence-electron chi connectivity index (χ2n) is 3.46. The topological polar surface area (TPSA) is 9.23 Å². The van der Waals surface area contributed by atoms with Crippen LogP contribution in [0.2, 0.25) is 5.02 Å². The van der Waals surface area contributed by atoms with Gasteiger partial charge in [0, 0.05) is 6.42 Å². The summed E-state index contributed by atoms with van der Waals surface area (Å²) in [4.78, 5) is 0. The van der Waals surface area contributed by atoms with Gasteiger partial charge < -0.3 is 4.74 Å². The third kappa shape index (κ3) is 1.45. The summed E-state index contributed by atoms with van der Waals surface area (Å²) < 4.78 is 18.3. The van der Waals surface area contributed by atoms with E-state index in [4.69, 9.17) is 16.3 Å². The summed E-state index contributed by atoms with van der Waals surface area (Å²) in [6.07, 6.45) is 0.967. The molecule has 0 aliphatic carbocycles. The zero-order chi connectivity index (χ0) is 9.47. The van der Waals surface area contributed by atoms with Gasteiger partial charge in [0.05, 0.1) is 17.2 Å². The van der Waals surface area contributed by atoms with Crippen molar-refractivity contribution in [3.63, 3.8) is 0 Å². The van der Waals surface area contributed by atoms with Crippen molar-refractivity contribution in [3.05, 3.63) is 34.6 Å². The third-order valence-corrected chi connectivity index (χ3v) is 2.82. The Bertz CT molecular complexity index is 334. The Morgan fingerprint density at radius 1 is 1.54 bits per heavy atom. The first-order valence-corrected chi connectivity index (χ1v) is 4.59. The van der Waals surface area contributed by atoms with Gasteiger partial charge in [-0.05, 0) is 24.6 Å². The van der Waals surface area contributed by atoms with Gasteiger partial charge in [0.25, 0.3) is 0 Å². The summed E-state index contributed by atoms with van der Waals surface area (Å²) in [5.41, 5.74) is 0.697. The molecular weight excluding hydrogens is 191 g/mol. The molecule has 70 valence electrons. The fourth-order valence-electron chi connectivity index (χ4n) is 1.46. The molecule has 2 rings (SSSR count). The number of rotatable bonds is 1. The maximum absolute atomic E-state index is 12.8. The third-order valence-electron chi connectivity index (χ3n) is 2.53. The van der Waals surface area contributed by atoms with Crippen LogP contribution in [-0.4, -0.2) is 6.61 Å². The Morgan fingerprint density at radius 3 is 2.69 bits per heavy atom. The van der Waals surface area contributed by atoms with Gasteiger partial charge in [0.1, 0.15) is 5.82 Å². The van der Waals surface area contributed by atoms with Crippen molar-refractivity contribution in [2.45, 2.75) is 18.9 Å². The predicted octanol–water partition coefficient (Wildman–Crippen LogP) is 3.11. The molecule has 0 aromatic heterocycles. The van der Waals surface area contributed by atoms with Gasteiger partial charge in [-0.15, -0.1) is 0 Å². The molecule has 13 heavy (non-hydrogen) atoms. The maximum Gasteiger partial charge on any atom is 0.141 e. The van der Waals surface area contributed by atoms with Crippen molar-refractivity contribution in [1.82, 2.24) is 0 Å². The SMILES string of the molecule is CC1(c2ccc(F)c(Cl)c2)CCO1. The Balaban J connectivity index is 2.36. The minimum absolute atomic E-state index is 0.161. The highest BCUT2D eigenvalue weighted by Crippen LogP contribution is 2.37. The average molecular weight is 201 g/mol. The van der Waals surface area contributed by atoms with Crippen LogP contribution in [0.1, 0.15) is 18.9 Å². The van der Waals surface area contributed by atoms with Crippen molar-refractivity contribution in [3.8, 4) is 0 Å². The van der Waals surface area contributed by atoms with Gasteiger partial charge in [0.2, 0.25) is 0 Å². The van der Waals surface area contributed by atoms with Crippen LogP contribution in [0.15, 0.2) is 18.2 Å². The minimum Gasteiger partial charge on any atom is -0.370 e. The Morgan fingerprint density at radius 2 is 2.23 bits per heavy atom. The van der Waals surface area contributed by atoms with Gasteiger partial charge in [0.15, 0.2) is 0 Å². The normalized spacial score (nSPS) is 27.0. The summed E-state index contributed by atoms with van der Waals surface area (Å²) in [5, 5.41) is 0.161. The first-order chi connectivity index (χ1) is 6.12. The zero-order valence-electron chi connectivity index (χ0n) is 7.31. The zero-order valence-corrected chi connectivity index (χ0v) is 8.07. The van der Waals surface area contributed by atoms with E-state index >= 15 is 0 Å². The van der Waals surface area contributed by atoms with Crippen LogP contribution in [-0.2, 0) is 10.3 Å². The second kappa shape index (κ2) is 2.96. The summed E-state index contributed by atoms with van der Waals surface area (Å²) in [7, 11) is 0. The largest absolute Gasteiger partial charge is 0.370 e. The van der Waals surface area contributed by atoms with Gasteiger partial charge >= 0.3 is 0 Å². The summed E-state index contributed by atoms with van der Waals surface area (Å²) in [6.45, 7) is 2.76. The van der Waals surface area contributed by atoms with E-state index in [0.717, 1.165) is 18.6 Å². The number of hydrogen-bond acceptors (Lipinski definition) is 1. The van der Waals surface area contributed by atoms with Crippen LogP contribution in [0, 0.1) is 5.82 Å². The van der Waals surface area contributed by atoms with E-state index in [1.807, 2.05) is 6.92 Å². The lowest BCUT2D eigenvalue weighted by Gasteiger charge is -2.39. The van der Waals surface area contributed by atoms with E-state index in [2.05, 4.69) is 0 Å². The molecular formula is C10H10ClFO. The fraction of sp³-hybridized carbons (Fsp3) is 0.400. The lowest BCUT2D eigenvalue weighted by Crippen LogP contribution is -2.37. The molecule has 1 nitrogen and oxygen atoms in total. The summed E-state index contributed by atoms with van der Waals surface area (Å²) >= 11 is 5.67. The number of halogens is 2. The molecule has 1 atom stereocenters. The second-order valence-corrected chi connectivity index (χ2v) is 3.87. The van der Waals surface area contributed by atoms with Crippen LogP contribution in [0.3, 0.4) is 0 Å². The molecule has 0 bridgehead atoms. The fourth-order valence-corrected chi connectivity index (χ4v) is 1.64. The smallest absolute Gasteiger partial charge is 0.141 e. The monoisotopic (exact) mass is 200 g/mol. The number of hydrogen-bond donors (Lipinski definition) is 0. The molecule has 0 saturated carbocycles. The van der Waals surface area contributed by atoms with Gasteiger partial charge in [-0.2, -0.15) is 0 Å². The highest BCUT2D eigenvalue weighted by Gasteiger charge is 2.35. The van der Waals surface area contributed by atoms with Crippen LogP contribution in [0.4, 0.5) is 4.39 Å². The summed E-state index contributed by atoms with van der Waals surface area (Å²) in [5.74, 6) is -0.381. The van der Waals surface area contributed by atoms with Crippen LogP contribution in [0.25, 0.3) is 0 Å². The van der Waals surface area contributed by atoms with E-state index in [1.54, 1.807) is 12.1 Å². The van der Waals surface area contributed by atoms with E-state index in [-0.39, 0.29) is 16.4 Å². The first kappa shape index (κ1) is 8.97. The Kier molecular flexibility index (Phi) is 2.05. The van der Waals surface area contributed by atoms with E-state index in [0.29, 0.717) is 0 Å². The Hall–Kier alpha value is -0.600. The Labute approximate surface area is 81.5 Å². The first-order valence-electron chi connectivity index (χ1n) is 4.21. The van der Waals surface area contributed by atoms with Crippen molar-refractivity contribution >= 4 is 11.6 Å². The van der Waals surface area contributed by atoms with Crippen LogP contribution in [0.5, 0.6) is 0 Å². The molecule has 1 heterocycles. The minimum atomic E-state index is -0.381. The molecule has 1 unspecified atom stereocenters. The highest BCUT2D eigenvalue weighted by atomic mass is 35.5. The van der Waals surface area contributed by atoms with E-state index in [9.17, 15) is 4.39 Å². The van der Waals surface area contributed by atoms with Gasteiger partial charge in [-0.3, -0.25) is 0 Å². The highest BCUT2D eigenvalue weighted by molar-refractivity contribution is 6.30. The molecule has 1 saturated heterocycles. The standard InChI is InChI=1S/C10H10ClFO/c1-10(4-5-13-10)7-2-3-9(12)8(11)6-7/h2-3,6H,4-5H2,1H3. The van der Waals surface area contributed by atoms with Crippen LogP contribution < -0.4 is 0 Å². The quantitative estimate of drug-likeness (QED) is 0.677. The molecule has 1 fully saturated rings. The van der Waals surface area contributed by atoms with Crippen molar-refractivity contribution < 1.29 is 9.13 Å². The summed E-state index contributed by atoms with van der Waals surface area (Å²) in [6, 6.07) is 4.74. The molecule has 1 aromatic carbocycles. The molecule has 0 N–H and O–H groups in total. The lowest BCUT2D eigenvalue weighted by molar-refractivity contribution is -0.140. The molecule has 1 aliphatic heterocycles. The van der Waals surface area contributed by atoms with Crippen LogP contribution >= 0.6 is 11.6 Å². The lowest BCUT2D eigenvalue weighted by atomic mass is 9.89. The van der Waals surface area contributed by atoms with E-state index in [1.165, 1.54) is 6.07 Å². The average Bonchev–Trinajstić information content (AvgIpc) is 2.06. The van der Waals surface area contributed by atoms with E-state index < -0.39 is 0 Å². The molecule has 1 aliphatic rings. The molecule has 0 amide bonds. The van der Waals surface area contributed by atoms with Gasteiger partial charge in [-0.1, -0.05) is 17.7 Å². The molecule has 3 heteroatoms. The van der Waals surface area contributed by atoms with Crippen molar-refractivity contribution in [1.29, 1.82) is 0 Å². The maximum atomic E-state index is 12.8. The molecule has 0 radical (unpaired) electrons. The van der Waals surface area contributed by atoms with Crippen molar-refractivity contribution in [2.24, 2.45) is 0 Å². The van der Waals surface area contributed by atoms with Crippen molar-refractivity contribution in [2.75, 3.05) is 6.61 Å². The number of ether oxygens (including phenoxy) is 1. The number of benzene rings is 1. The predicted molar refractivity (Wildman–Crippen MR) is 49.3 cm³/mol. The van der Waals surface area contributed by atoms with Gasteiger partial charge in [-0.25, -0.2) is 4.39 Å². The molecule has 0 spiro atoms.